The Labute approximate surface area is 331 Å². The lowest BCUT2D eigenvalue weighted by atomic mass is 9.77. The second-order valence-electron chi connectivity index (χ2n) is 14.6. The third-order valence-electron chi connectivity index (χ3n) is 10.1. The summed E-state index contributed by atoms with van der Waals surface area (Å²) < 4.78 is 101. The number of allylic oxidation sites excluding steroid dienone is 6. The Kier molecular flexibility index (Phi) is 15.6. The molecule has 308 valence electrons. The van der Waals surface area contributed by atoms with Gasteiger partial charge in [0.05, 0.1) is 34.5 Å². The molecular weight excluding hydrogens is 795 g/mol. The van der Waals surface area contributed by atoms with E-state index in [9.17, 15) is 35.1 Å². The van der Waals surface area contributed by atoms with Crippen LogP contribution in [-0.4, -0.2) is 77.2 Å². The molecule has 2 aliphatic heterocycles. The Bertz CT molecular complexity index is 2100. The summed E-state index contributed by atoms with van der Waals surface area (Å²) in [6.07, 6.45) is 12.5. The Balaban J connectivity index is 1.72. The van der Waals surface area contributed by atoms with E-state index in [4.69, 9.17) is 10.4 Å². The minimum atomic E-state index is -4.18. The molecule has 0 fully saturated rings. The first-order valence-electron chi connectivity index (χ1n) is 18.2. The molecule has 2 heterocycles. The van der Waals surface area contributed by atoms with Crippen LogP contribution in [-0.2, 0) is 45.2 Å². The van der Waals surface area contributed by atoms with Crippen LogP contribution in [0.5, 0.6) is 0 Å². The first-order valence-corrected chi connectivity index (χ1v) is 22.1. The van der Waals surface area contributed by atoms with Gasteiger partial charge in [-0.1, -0.05) is 29.7 Å². The molecule has 4 rings (SSSR count). The fraction of sp³-hybridized carbons (Fsp3) is 0.474. The van der Waals surface area contributed by atoms with E-state index in [1.807, 2.05) is 60.6 Å². The highest BCUT2D eigenvalue weighted by molar-refractivity contribution is 7.94. The normalized spacial score (nSPS) is 18.9. The second-order valence-corrected chi connectivity index (χ2v) is 18.5. The van der Waals surface area contributed by atoms with Gasteiger partial charge in [0.15, 0.2) is 5.71 Å². The number of anilines is 1. The van der Waals surface area contributed by atoms with Crippen LogP contribution in [0.4, 0.5) is 20.2 Å². The molecule has 4 N–H and O–H groups in total. The average Bonchev–Trinajstić information content (AvgIpc) is 3.45. The molecule has 1 unspecified atom stereocenters. The zero-order valence-electron chi connectivity index (χ0n) is 31.5. The largest absolute Gasteiger partial charge is 0.481 e. The molecule has 13 nitrogen and oxygen atoms in total. The number of rotatable bonds is 22. The molecule has 0 radical (unpaired) electrons. The van der Waals surface area contributed by atoms with Crippen molar-refractivity contribution < 1.29 is 63.8 Å². The summed E-state index contributed by atoms with van der Waals surface area (Å²) in [4.78, 5) is 13.6. The number of benzene rings is 2. The van der Waals surface area contributed by atoms with E-state index in [-0.39, 0.29) is 19.3 Å². The first kappa shape index (κ1) is 45.2. The Morgan fingerprint density at radius 2 is 1.61 bits per heavy atom. The molecule has 2 aromatic carbocycles. The van der Waals surface area contributed by atoms with Crippen molar-refractivity contribution in [2.75, 3.05) is 29.5 Å². The van der Waals surface area contributed by atoms with Crippen molar-refractivity contribution in [2.24, 2.45) is 0 Å². The van der Waals surface area contributed by atoms with Crippen molar-refractivity contribution in [1.82, 2.24) is 0 Å². The van der Waals surface area contributed by atoms with Crippen molar-refractivity contribution in [2.45, 2.75) is 94.3 Å². The fourth-order valence-electron chi connectivity index (χ4n) is 7.57. The van der Waals surface area contributed by atoms with Crippen molar-refractivity contribution in [3.05, 3.63) is 89.2 Å². The summed E-state index contributed by atoms with van der Waals surface area (Å²) in [6, 6.07) is 7.62. The van der Waals surface area contributed by atoms with E-state index in [0.29, 0.717) is 67.8 Å². The van der Waals surface area contributed by atoms with Crippen LogP contribution in [0.15, 0.2) is 71.3 Å². The summed E-state index contributed by atoms with van der Waals surface area (Å²) in [5.74, 6) is -3.07. The summed E-state index contributed by atoms with van der Waals surface area (Å²) >= 11 is 0.773. The second kappa shape index (κ2) is 19.3. The Morgan fingerprint density at radius 3 is 2.27 bits per heavy atom. The molecule has 0 bridgehead atoms. The van der Waals surface area contributed by atoms with Gasteiger partial charge in [-0.25, -0.2) is 14.0 Å². The van der Waals surface area contributed by atoms with Gasteiger partial charge in [-0.3, -0.25) is 13.9 Å². The first-order chi connectivity index (χ1) is 26.3. The predicted molar refractivity (Wildman–Crippen MR) is 209 cm³/mol. The van der Waals surface area contributed by atoms with Gasteiger partial charge in [-0.2, -0.15) is 21.4 Å². The summed E-state index contributed by atoms with van der Waals surface area (Å²) in [5.41, 5.74) is 2.39. The number of carboxylic acids is 1. The highest BCUT2D eigenvalue weighted by Gasteiger charge is 2.47. The Hall–Kier alpha value is -3.49. The summed E-state index contributed by atoms with van der Waals surface area (Å²) in [7, 11) is -8.35. The zero-order valence-corrected chi connectivity index (χ0v) is 33.9. The molecule has 2 aromatic rings. The smallest absolute Gasteiger partial charge is 0.303 e. The van der Waals surface area contributed by atoms with Gasteiger partial charge in [0.2, 0.25) is 5.69 Å². The fourth-order valence-corrected chi connectivity index (χ4v) is 9.10. The minimum absolute atomic E-state index is 0.0337. The predicted octanol–water partition coefficient (Wildman–Crippen LogP) is 7.91. The zero-order chi connectivity index (χ0) is 41.3. The number of halogens is 2. The average molecular weight is 844 g/mol. The van der Waals surface area contributed by atoms with Gasteiger partial charge in [0.25, 0.3) is 20.2 Å². The molecule has 0 spiro atoms. The van der Waals surface area contributed by atoms with Crippen molar-refractivity contribution in [3.63, 3.8) is 0 Å². The van der Waals surface area contributed by atoms with Crippen LogP contribution < -0.4 is 4.90 Å². The molecule has 0 saturated carbocycles. The van der Waals surface area contributed by atoms with Gasteiger partial charge in [0, 0.05) is 59.3 Å². The van der Waals surface area contributed by atoms with Crippen molar-refractivity contribution >= 4 is 55.3 Å². The molecular formula is C38H49F2N2O11S3+. The van der Waals surface area contributed by atoms with E-state index >= 15 is 4.39 Å². The molecule has 0 aliphatic carbocycles. The summed E-state index contributed by atoms with van der Waals surface area (Å²) in [5, 5.41) is 21.5. The summed E-state index contributed by atoms with van der Waals surface area (Å²) in [6.45, 7) is 6.49. The van der Waals surface area contributed by atoms with E-state index in [1.54, 1.807) is 18.2 Å². The van der Waals surface area contributed by atoms with Crippen LogP contribution in [0, 0.1) is 11.6 Å². The Morgan fingerprint density at radius 1 is 0.911 bits per heavy atom. The standard InChI is InChI=1S/C38H48F2N2O11S3/c1-37(2)33(42(20-10-5-8-16-35(43)44)32-25-27(39)24-30(40)36(32)37)14-6-4-7-15-34-38(3,19-9-12-22-55(46,47)48)29-26-28(54-53-52-45)17-18-31(29)41(34)21-11-13-23-56(49,50)51/h4,6-7,14-15,17-18,24-26H,5,8-13,16,19-23H2,1-3H3,(H3-,43,44,45,46,47,48,49,50,51)/p+1. The van der Waals surface area contributed by atoms with E-state index in [1.165, 1.54) is 6.07 Å². The van der Waals surface area contributed by atoms with E-state index in [0.717, 1.165) is 40.8 Å². The van der Waals surface area contributed by atoms with Crippen molar-refractivity contribution in [3.8, 4) is 0 Å². The lowest BCUT2D eigenvalue weighted by Crippen LogP contribution is -2.29. The van der Waals surface area contributed by atoms with Gasteiger partial charge < -0.3 is 10.0 Å². The van der Waals surface area contributed by atoms with Gasteiger partial charge in [-0.15, -0.1) is 4.33 Å². The maximum absolute atomic E-state index is 15.3. The number of carbonyl (C=O) groups is 1. The number of unbranched alkanes of at least 4 members (excludes halogenated alkanes) is 4. The minimum Gasteiger partial charge on any atom is -0.481 e. The van der Waals surface area contributed by atoms with E-state index < -0.39 is 60.2 Å². The highest BCUT2D eigenvalue weighted by Crippen LogP contribution is 2.52. The quantitative estimate of drug-likeness (QED) is 0.0170. The number of fused-ring (bicyclic) bond motifs is 2. The van der Waals surface area contributed by atoms with Crippen LogP contribution in [0.2, 0.25) is 0 Å². The molecule has 2 aliphatic rings. The number of aliphatic carboxylic acids is 1. The molecule has 0 aromatic heterocycles. The van der Waals surface area contributed by atoms with Gasteiger partial charge >= 0.3 is 5.97 Å². The SMILES string of the molecule is CC1(C)C(/C=C/C=C/C=C2/N(CCCCS(=O)(=O)O)c3ccc(SOOO)cc3C2(C)CCCCS(=O)(=O)O)=[N+](CCCCCC(=O)O)c2cc(F)cc(F)c21. The van der Waals surface area contributed by atoms with Crippen LogP contribution in [0.3, 0.4) is 0 Å². The van der Waals surface area contributed by atoms with Gasteiger partial charge in [0.1, 0.15) is 18.2 Å². The third kappa shape index (κ3) is 11.8. The lowest BCUT2D eigenvalue weighted by molar-refractivity contribution is -0.438. The number of hydrogen-bond donors (Lipinski definition) is 4. The highest BCUT2D eigenvalue weighted by atomic mass is 32.2. The molecule has 0 saturated heterocycles. The maximum Gasteiger partial charge on any atom is 0.303 e. The number of carboxylic acid groups (broad SMARTS) is 1. The molecule has 18 heteroatoms. The topological polar surface area (TPSA) is 191 Å². The van der Waals surface area contributed by atoms with Crippen LogP contribution in [0.1, 0.15) is 89.7 Å². The van der Waals surface area contributed by atoms with Gasteiger partial charge in [-0.05, 0) is 89.1 Å². The van der Waals surface area contributed by atoms with Crippen LogP contribution >= 0.6 is 12.0 Å². The van der Waals surface area contributed by atoms with E-state index in [2.05, 4.69) is 9.37 Å². The molecule has 1 atom stereocenters. The maximum atomic E-state index is 15.3. The monoisotopic (exact) mass is 843 g/mol. The molecule has 56 heavy (non-hydrogen) atoms. The number of nitrogens with zero attached hydrogens (tertiary/aromatic N) is 2. The van der Waals surface area contributed by atoms with Crippen molar-refractivity contribution in [1.29, 1.82) is 0 Å². The van der Waals surface area contributed by atoms with Crippen LogP contribution in [0.25, 0.3) is 0 Å². The molecule has 0 amide bonds. The lowest BCUT2D eigenvalue weighted by Gasteiger charge is -2.30. The number of hydrogen-bond acceptors (Lipinski definition) is 10. The third-order valence-corrected chi connectivity index (χ3v) is 12.3.